The predicted molar refractivity (Wildman–Crippen MR) is 115 cm³/mol. The van der Waals surface area contributed by atoms with Gasteiger partial charge in [-0.25, -0.2) is 0 Å². The lowest BCUT2D eigenvalue weighted by Gasteiger charge is -2.23. The van der Waals surface area contributed by atoms with Crippen molar-refractivity contribution in [2.75, 3.05) is 18.6 Å². The van der Waals surface area contributed by atoms with Gasteiger partial charge in [0.15, 0.2) is 0 Å². The number of rotatable bonds is 9. The van der Waals surface area contributed by atoms with Crippen LogP contribution in [0, 0.1) is 6.92 Å². The highest BCUT2D eigenvalue weighted by Gasteiger charge is 2.16. The smallest absolute Gasteiger partial charge is 0.253 e. The summed E-state index contributed by atoms with van der Waals surface area (Å²) in [6, 6.07) is 19.1. The van der Waals surface area contributed by atoms with Crippen LogP contribution in [0.5, 0.6) is 0 Å². The van der Waals surface area contributed by atoms with Gasteiger partial charge in [0.05, 0.1) is 25.8 Å². The molecular formula is C24H26N2O4. The van der Waals surface area contributed by atoms with Crippen LogP contribution in [0.2, 0.25) is 0 Å². The van der Waals surface area contributed by atoms with Crippen LogP contribution >= 0.6 is 0 Å². The third kappa shape index (κ3) is 6.06. The Morgan fingerprint density at radius 3 is 2.50 bits per heavy atom. The van der Waals surface area contributed by atoms with Gasteiger partial charge in [0.2, 0.25) is 5.91 Å². The molecule has 6 heteroatoms. The minimum absolute atomic E-state index is 0.00273. The second-order valence-corrected chi connectivity index (χ2v) is 7.10. The topological polar surface area (TPSA) is 71.8 Å². The Morgan fingerprint density at radius 1 is 1.03 bits per heavy atom. The van der Waals surface area contributed by atoms with E-state index in [1.807, 2.05) is 55.5 Å². The van der Waals surface area contributed by atoms with Gasteiger partial charge in [-0.15, -0.1) is 0 Å². The van der Waals surface area contributed by atoms with Crippen molar-refractivity contribution in [3.63, 3.8) is 0 Å². The van der Waals surface area contributed by atoms with Gasteiger partial charge < -0.3 is 19.4 Å². The number of nitrogens with one attached hydrogen (secondary N) is 1. The van der Waals surface area contributed by atoms with Crippen molar-refractivity contribution in [1.29, 1.82) is 0 Å². The van der Waals surface area contributed by atoms with Crippen molar-refractivity contribution in [3.05, 3.63) is 89.4 Å². The molecule has 0 aliphatic heterocycles. The van der Waals surface area contributed by atoms with E-state index in [9.17, 15) is 9.59 Å². The summed E-state index contributed by atoms with van der Waals surface area (Å²) in [5, 5.41) is 2.83. The first-order valence-electron chi connectivity index (χ1n) is 9.78. The third-order valence-electron chi connectivity index (χ3n) is 4.64. The average Bonchev–Trinajstić information content (AvgIpc) is 3.25. The fourth-order valence-electron chi connectivity index (χ4n) is 3.16. The maximum Gasteiger partial charge on any atom is 0.253 e. The highest BCUT2D eigenvalue weighted by atomic mass is 16.5. The molecule has 1 N–H and O–H groups in total. The molecule has 0 aliphatic rings. The van der Waals surface area contributed by atoms with Crippen LogP contribution in [0.25, 0.3) is 0 Å². The van der Waals surface area contributed by atoms with Gasteiger partial charge >= 0.3 is 0 Å². The molecule has 0 unspecified atom stereocenters. The molecule has 0 saturated heterocycles. The monoisotopic (exact) mass is 406 g/mol. The van der Waals surface area contributed by atoms with Crippen molar-refractivity contribution in [2.45, 2.75) is 26.4 Å². The molecule has 0 radical (unpaired) electrons. The molecule has 3 aromatic rings. The number of carbonyl (C=O) groups excluding carboxylic acids is 2. The van der Waals surface area contributed by atoms with Crippen LogP contribution in [0.3, 0.4) is 0 Å². The Kier molecular flexibility index (Phi) is 7.40. The van der Waals surface area contributed by atoms with Crippen LogP contribution in [-0.4, -0.2) is 25.5 Å². The molecule has 3 rings (SSSR count). The van der Waals surface area contributed by atoms with Gasteiger partial charge in [0.1, 0.15) is 12.4 Å². The highest BCUT2D eigenvalue weighted by Crippen LogP contribution is 2.20. The summed E-state index contributed by atoms with van der Waals surface area (Å²) in [6.45, 7) is 2.84. The van der Waals surface area contributed by atoms with E-state index in [-0.39, 0.29) is 24.8 Å². The maximum atomic E-state index is 12.6. The number of carbonyl (C=O) groups is 2. The summed E-state index contributed by atoms with van der Waals surface area (Å²) in [5.74, 6) is 0.497. The van der Waals surface area contributed by atoms with Crippen molar-refractivity contribution >= 4 is 17.5 Å². The molecular weight excluding hydrogens is 380 g/mol. The number of anilines is 1. The number of furan rings is 1. The summed E-state index contributed by atoms with van der Waals surface area (Å²) in [7, 11) is 1.51. The second-order valence-electron chi connectivity index (χ2n) is 7.10. The fourth-order valence-corrected chi connectivity index (χ4v) is 3.16. The van der Waals surface area contributed by atoms with Gasteiger partial charge in [0.25, 0.3) is 5.91 Å². The fraction of sp³-hybridized carbons (Fsp3) is 0.250. The standard InChI is InChI=1S/C24H26N2O4/c1-18-5-3-6-20(13-18)16-26(24(28)17-29-2)21-10-8-19(9-11-21)14-23(27)25-15-22-7-4-12-30-22/h3-13H,14-17H2,1-2H3,(H,25,27). The van der Waals surface area contributed by atoms with Gasteiger partial charge in [-0.1, -0.05) is 42.0 Å². The molecule has 0 aliphatic carbocycles. The molecule has 2 aromatic carbocycles. The summed E-state index contributed by atoms with van der Waals surface area (Å²) < 4.78 is 10.3. The SMILES string of the molecule is COCC(=O)N(Cc1cccc(C)c1)c1ccc(CC(=O)NCc2ccco2)cc1. The molecule has 0 saturated carbocycles. The van der Waals surface area contributed by atoms with Crippen LogP contribution in [0.1, 0.15) is 22.5 Å². The Bertz CT molecular complexity index is 965. The zero-order valence-electron chi connectivity index (χ0n) is 17.3. The lowest BCUT2D eigenvalue weighted by molar-refractivity contribution is -0.122. The van der Waals surface area contributed by atoms with E-state index in [0.717, 1.165) is 22.4 Å². The average molecular weight is 406 g/mol. The molecule has 0 atom stereocenters. The van der Waals surface area contributed by atoms with Gasteiger partial charge in [0, 0.05) is 12.8 Å². The number of nitrogens with zero attached hydrogens (tertiary/aromatic N) is 1. The van der Waals surface area contributed by atoms with Crippen molar-refractivity contribution < 1.29 is 18.7 Å². The number of hydrogen-bond donors (Lipinski definition) is 1. The molecule has 156 valence electrons. The number of hydrogen-bond acceptors (Lipinski definition) is 4. The molecule has 0 fully saturated rings. The van der Waals surface area contributed by atoms with Crippen molar-refractivity contribution in [3.8, 4) is 0 Å². The molecule has 0 spiro atoms. The maximum absolute atomic E-state index is 12.6. The molecule has 0 bridgehead atoms. The van der Waals surface area contributed by atoms with Gasteiger partial charge in [-0.05, 0) is 42.3 Å². The molecule has 2 amide bonds. The van der Waals surface area contributed by atoms with E-state index in [0.29, 0.717) is 18.8 Å². The number of aryl methyl sites for hydroxylation is 1. The Balaban J connectivity index is 1.66. The Morgan fingerprint density at radius 2 is 1.83 bits per heavy atom. The zero-order chi connectivity index (χ0) is 21.3. The van der Waals surface area contributed by atoms with Crippen molar-refractivity contribution in [1.82, 2.24) is 5.32 Å². The summed E-state index contributed by atoms with van der Waals surface area (Å²) in [5.41, 5.74) is 3.81. The molecule has 1 aromatic heterocycles. The molecule has 1 heterocycles. The minimum Gasteiger partial charge on any atom is -0.467 e. The predicted octanol–water partition coefficient (Wildman–Crippen LogP) is 3.63. The molecule has 6 nitrogen and oxygen atoms in total. The first-order chi connectivity index (χ1) is 14.5. The number of methoxy groups -OCH3 is 1. The minimum atomic E-state index is -0.122. The third-order valence-corrected chi connectivity index (χ3v) is 4.64. The lowest BCUT2D eigenvalue weighted by Crippen LogP contribution is -2.33. The van der Waals surface area contributed by atoms with Crippen molar-refractivity contribution in [2.24, 2.45) is 0 Å². The summed E-state index contributed by atoms with van der Waals surface area (Å²) >= 11 is 0. The largest absolute Gasteiger partial charge is 0.467 e. The zero-order valence-corrected chi connectivity index (χ0v) is 17.3. The Labute approximate surface area is 176 Å². The summed E-state index contributed by atoms with van der Waals surface area (Å²) in [6.07, 6.45) is 1.83. The van der Waals surface area contributed by atoms with Gasteiger partial charge in [-0.2, -0.15) is 0 Å². The van der Waals surface area contributed by atoms with Crippen LogP contribution in [0.4, 0.5) is 5.69 Å². The molecule has 30 heavy (non-hydrogen) atoms. The van der Waals surface area contributed by atoms with Crippen LogP contribution in [-0.2, 0) is 33.8 Å². The first-order valence-corrected chi connectivity index (χ1v) is 9.78. The normalized spacial score (nSPS) is 10.6. The van der Waals surface area contributed by atoms with E-state index in [1.165, 1.54) is 7.11 Å². The van der Waals surface area contributed by atoms with E-state index in [4.69, 9.17) is 9.15 Å². The van der Waals surface area contributed by atoms with Gasteiger partial charge in [-0.3, -0.25) is 9.59 Å². The Hall–Kier alpha value is -3.38. The highest BCUT2D eigenvalue weighted by molar-refractivity contribution is 5.94. The lowest BCUT2D eigenvalue weighted by atomic mass is 10.1. The van der Waals surface area contributed by atoms with E-state index >= 15 is 0 Å². The quantitative estimate of drug-likeness (QED) is 0.589. The second kappa shape index (κ2) is 10.4. The number of amides is 2. The first kappa shape index (κ1) is 21.3. The number of ether oxygens (including phenoxy) is 1. The van der Waals surface area contributed by atoms with E-state index in [1.54, 1.807) is 17.2 Å². The van der Waals surface area contributed by atoms with E-state index < -0.39 is 0 Å². The van der Waals surface area contributed by atoms with E-state index in [2.05, 4.69) is 11.4 Å². The van der Waals surface area contributed by atoms with Crippen LogP contribution in [0.15, 0.2) is 71.3 Å². The number of benzene rings is 2. The summed E-state index contributed by atoms with van der Waals surface area (Å²) in [4.78, 5) is 26.5. The van der Waals surface area contributed by atoms with Crippen LogP contribution < -0.4 is 10.2 Å².